The summed E-state index contributed by atoms with van der Waals surface area (Å²) in [7, 11) is 1.84. The van der Waals surface area contributed by atoms with E-state index in [4.69, 9.17) is 4.52 Å². The Bertz CT molecular complexity index is 942. The highest BCUT2D eigenvalue weighted by atomic mass is 32.2. The zero-order valence-corrected chi connectivity index (χ0v) is 13.8. The Morgan fingerprint density at radius 1 is 1.35 bits per heavy atom. The normalized spacial score (nSPS) is 12.2. The third-order valence-electron chi connectivity index (χ3n) is 3.22. The zero-order chi connectivity index (χ0) is 16.6. The number of benzene rings is 1. The van der Waals surface area contributed by atoms with Crippen molar-refractivity contribution in [3.05, 3.63) is 36.4 Å². The van der Waals surface area contributed by atoms with Crippen molar-refractivity contribution < 1.29 is 12.9 Å². The van der Waals surface area contributed by atoms with Gasteiger partial charge in [0, 0.05) is 30.9 Å². The van der Waals surface area contributed by atoms with Crippen LogP contribution in [-0.2, 0) is 23.6 Å². The van der Waals surface area contributed by atoms with Gasteiger partial charge in [0.15, 0.2) is 10.6 Å². The van der Waals surface area contributed by atoms with E-state index in [1.165, 1.54) is 12.5 Å². The first kappa shape index (κ1) is 15.5. The molecule has 0 atom stereocenters. The fourth-order valence-electron chi connectivity index (χ4n) is 2.20. The number of hydrogen-bond donors (Lipinski definition) is 1. The maximum Gasteiger partial charge on any atom is 0.280 e. The van der Waals surface area contributed by atoms with Crippen LogP contribution in [0.2, 0.25) is 0 Å². The number of aromatic nitrogens is 3. The summed E-state index contributed by atoms with van der Waals surface area (Å²) in [5, 5.41) is 4.77. The number of aryl methyl sites for hydroxylation is 1. The van der Waals surface area contributed by atoms with Gasteiger partial charge in [-0.1, -0.05) is 5.16 Å². The van der Waals surface area contributed by atoms with Crippen molar-refractivity contribution >= 4 is 26.7 Å². The SMILES string of the molecule is CN(C)Cc1noc2ccc(NS(=O)(=O)c3cn(C)cn3)cc12. The molecule has 0 amide bonds. The van der Waals surface area contributed by atoms with Gasteiger partial charge in [0.25, 0.3) is 10.0 Å². The Balaban J connectivity index is 1.94. The van der Waals surface area contributed by atoms with Crippen molar-refractivity contribution in [2.75, 3.05) is 18.8 Å². The first-order chi connectivity index (χ1) is 10.8. The van der Waals surface area contributed by atoms with Crippen molar-refractivity contribution in [3.63, 3.8) is 0 Å². The quantitative estimate of drug-likeness (QED) is 0.758. The molecule has 23 heavy (non-hydrogen) atoms. The minimum Gasteiger partial charge on any atom is -0.356 e. The van der Waals surface area contributed by atoms with Gasteiger partial charge >= 0.3 is 0 Å². The number of nitrogens with zero attached hydrogens (tertiary/aromatic N) is 4. The largest absolute Gasteiger partial charge is 0.356 e. The maximum atomic E-state index is 12.3. The van der Waals surface area contributed by atoms with Crippen LogP contribution in [0, 0.1) is 0 Å². The molecule has 3 rings (SSSR count). The third-order valence-corrected chi connectivity index (χ3v) is 4.49. The van der Waals surface area contributed by atoms with E-state index in [0.717, 1.165) is 11.1 Å². The van der Waals surface area contributed by atoms with E-state index in [0.29, 0.717) is 17.8 Å². The van der Waals surface area contributed by atoms with E-state index < -0.39 is 10.0 Å². The predicted molar refractivity (Wildman–Crippen MR) is 85.4 cm³/mol. The van der Waals surface area contributed by atoms with Gasteiger partial charge in [-0.3, -0.25) is 4.72 Å². The molecule has 9 heteroatoms. The molecule has 0 bridgehead atoms. The molecular weight excluding hydrogens is 318 g/mol. The van der Waals surface area contributed by atoms with Gasteiger partial charge < -0.3 is 14.0 Å². The van der Waals surface area contributed by atoms with E-state index in [2.05, 4.69) is 14.9 Å². The summed E-state index contributed by atoms with van der Waals surface area (Å²) in [6.07, 6.45) is 2.88. The van der Waals surface area contributed by atoms with Crippen LogP contribution < -0.4 is 4.72 Å². The van der Waals surface area contributed by atoms with Crippen LogP contribution in [0.3, 0.4) is 0 Å². The van der Waals surface area contributed by atoms with Gasteiger partial charge in [0.2, 0.25) is 0 Å². The average molecular weight is 335 g/mol. The van der Waals surface area contributed by atoms with E-state index in [1.54, 1.807) is 29.8 Å². The van der Waals surface area contributed by atoms with Crippen LogP contribution in [0.15, 0.2) is 40.3 Å². The van der Waals surface area contributed by atoms with Crippen LogP contribution in [0.1, 0.15) is 5.69 Å². The molecular formula is C14H17N5O3S. The molecule has 0 radical (unpaired) electrons. The van der Waals surface area contributed by atoms with Crippen molar-refractivity contribution in [1.29, 1.82) is 0 Å². The summed E-state index contributed by atoms with van der Waals surface area (Å²) in [5.74, 6) is 0. The number of fused-ring (bicyclic) bond motifs is 1. The Morgan fingerprint density at radius 2 is 2.13 bits per heavy atom. The highest BCUT2D eigenvalue weighted by Crippen LogP contribution is 2.24. The first-order valence-electron chi connectivity index (χ1n) is 6.89. The molecule has 122 valence electrons. The lowest BCUT2D eigenvalue weighted by atomic mass is 10.2. The van der Waals surface area contributed by atoms with Gasteiger partial charge in [0.05, 0.1) is 6.33 Å². The third kappa shape index (κ3) is 3.20. The summed E-state index contributed by atoms with van der Waals surface area (Å²) in [5.41, 5.74) is 1.80. The van der Waals surface area contributed by atoms with Crippen LogP contribution >= 0.6 is 0 Å². The molecule has 0 fully saturated rings. The van der Waals surface area contributed by atoms with Crippen molar-refractivity contribution in [2.24, 2.45) is 7.05 Å². The fraction of sp³-hybridized carbons (Fsp3) is 0.286. The van der Waals surface area contributed by atoms with Crippen molar-refractivity contribution in [3.8, 4) is 0 Å². The van der Waals surface area contributed by atoms with Gasteiger partial charge in [-0.15, -0.1) is 0 Å². The van der Waals surface area contributed by atoms with E-state index in [9.17, 15) is 8.42 Å². The summed E-state index contributed by atoms with van der Waals surface area (Å²) < 4.78 is 34.0. The molecule has 2 aromatic heterocycles. The van der Waals surface area contributed by atoms with Gasteiger partial charge in [0.1, 0.15) is 5.69 Å². The Kier molecular flexibility index (Phi) is 3.82. The first-order valence-corrected chi connectivity index (χ1v) is 8.37. The minimum absolute atomic E-state index is 0.0288. The Morgan fingerprint density at radius 3 is 2.78 bits per heavy atom. The summed E-state index contributed by atoms with van der Waals surface area (Å²) in [6, 6.07) is 5.04. The summed E-state index contributed by atoms with van der Waals surface area (Å²) in [6.45, 7) is 0.601. The predicted octanol–water partition coefficient (Wildman–Crippen LogP) is 1.42. The zero-order valence-electron chi connectivity index (χ0n) is 13.0. The van der Waals surface area contributed by atoms with Crippen molar-refractivity contribution in [2.45, 2.75) is 11.6 Å². The standard InChI is InChI=1S/C14H17N5O3S/c1-18(2)7-12-11-6-10(4-5-13(11)22-16-12)17-23(20,21)14-8-19(3)9-15-14/h4-6,8-9,17H,7H2,1-3H3. The number of sulfonamides is 1. The second-order valence-electron chi connectivity index (χ2n) is 5.56. The minimum atomic E-state index is -3.72. The smallest absolute Gasteiger partial charge is 0.280 e. The summed E-state index contributed by atoms with van der Waals surface area (Å²) >= 11 is 0. The van der Waals surface area contributed by atoms with Crippen LogP contribution in [0.4, 0.5) is 5.69 Å². The lowest BCUT2D eigenvalue weighted by Gasteiger charge is -2.07. The molecule has 0 unspecified atom stereocenters. The molecule has 0 saturated carbocycles. The van der Waals surface area contributed by atoms with Crippen LogP contribution in [-0.4, -0.2) is 42.1 Å². The van der Waals surface area contributed by atoms with Gasteiger partial charge in [-0.2, -0.15) is 8.42 Å². The number of rotatable bonds is 5. The van der Waals surface area contributed by atoms with Crippen LogP contribution in [0.5, 0.6) is 0 Å². The number of hydrogen-bond acceptors (Lipinski definition) is 6. The highest BCUT2D eigenvalue weighted by Gasteiger charge is 2.18. The van der Waals surface area contributed by atoms with Crippen molar-refractivity contribution in [1.82, 2.24) is 19.6 Å². The molecule has 0 aliphatic rings. The Labute approximate surface area is 133 Å². The molecule has 0 aliphatic heterocycles. The molecule has 1 N–H and O–H groups in total. The van der Waals surface area contributed by atoms with Crippen LogP contribution in [0.25, 0.3) is 11.0 Å². The fourth-order valence-corrected chi connectivity index (χ4v) is 3.23. The second kappa shape index (κ2) is 5.67. The molecule has 0 spiro atoms. The molecule has 0 aliphatic carbocycles. The number of anilines is 1. The lowest BCUT2D eigenvalue weighted by molar-refractivity contribution is 0.373. The second-order valence-corrected chi connectivity index (χ2v) is 7.19. The van der Waals surface area contributed by atoms with E-state index in [1.807, 2.05) is 19.0 Å². The monoisotopic (exact) mass is 335 g/mol. The lowest BCUT2D eigenvalue weighted by Crippen LogP contribution is -2.13. The molecule has 2 heterocycles. The maximum absolute atomic E-state index is 12.3. The van der Waals surface area contributed by atoms with E-state index in [-0.39, 0.29) is 5.03 Å². The Hall–Kier alpha value is -2.39. The number of imidazole rings is 1. The highest BCUT2D eigenvalue weighted by molar-refractivity contribution is 7.92. The van der Waals surface area contributed by atoms with Gasteiger partial charge in [-0.25, -0.2) is 4.98 Å². The molecule has 0 saturated heterocycles. The topological polar surface area (TPSA) is 93.3 Å². The molecule has 1 aromatic carbocycles. The average Bonchev–Trinajstić information content (AvgIpc) is 3.05. The number of nitrogens with one attached hydrogen (secondary N) is 1. The molecule has 8 nitrogen and oxygen atoms in total. The molecule has 3 aromatic rings. The van der Waals surface area contributed by atoms with Gasteiger partial charge in [-0.05, 0) is 32.3 Å². The summed E-state index contributed by atoms with van der Waals surface area (Å²) in [4.78, 5) is 5.83. The van der Waals surface area contributed by atoms with E-state index >= 15 is 0 Å².